The van der Waals surface area contributed by atoms with Crippen LogP contribution in [0.2, 0.25) is 0 Å². The van der Waals surface area contributed by atoms with E-state index in [1.807, 2.05) is 0 Å². The van der Waals surface area contributed by atoms with Gasteiger partial charge in [-0.15, -0.1) is 0 Å². The first-order valence-corrected chi connectivity index (χ1v) is 6.07. The molecular weight excluding hydrogens is 286 g/mol. The molecule has 0 aromatic carbocycles. The van der Waals surface area contributed by atoms with E-state index in [1.165, 1.54) is 0 Å². The normalized spacial score (nSPS) is 9.94. The number of hydrogen-bond acceptors (Lipinski definition) is 3. The van der Waals surface area contributed by atoms with E-state index in [1.54, 1.807) is 18.3 Å². The number of aromatic nitrogens is 1. The minimum absolute atomic E-state index is 0.177. The van der Waals surface area contributed by atoms with E-state index in [0.29, 0.717) is 29.6 Å². The van der Waals surface area contributed by atoms with E-state index < -0.39 is 0 Å². The number of nitrogens with one attached hydrogen (secondary N) is 1. The van der Waals surface area contributed by atoms with Gasteiger partial charge in [-0.1, -0.05) is 0 Å². The molecule has 0 bridgehead atoms. The van der Waals surface area contributed by atoms with Crippen LogP contribution in [0.25, 0.3) is 0 Å². The molecule has 17 heavy (non-hydrogen) atoms. The predicted octanol–water partition coefficient (Wildman–Crippen LogP) is 1.23. The summed E-state index contributed by atoms with van der Waals surface area (Å²) in [5.74, 6) is -0.490. The molecule has 6 heteroatoms. The smallest absolute Gasteiger partial charge is 0.254 e. The van der Waals surface area contributed by atoms with Crippen molar-refractivity contribution in [2.45, 2.75) is 19.3 Å². The fourth-order valence-electron chi connectivity index (χ4n) is 1.28. The van der Waals surface area contributed by atoms with Gasteiger partial charge >= 0.3 is 0 Å². The maximum atomic E-state index is 11.7. The number of primary amides is 1. The Hall–Kier alpha value is -1.43. The van der Waals surface area contributed by atoms with Crippen molar-refractivity contribution in [1.29, 1.82) is 0 Å². The highest BCUT2D eigenvalue weighted by atomic mass is 79.9. The maximum absolute atomic E-state index is 11.7. The zero-order chi connectivity index (χ0) is 12.7. The molecule has 1 rings (SSSR count). The molecule has 1 aromatic heterocycles. The Morgan fingerprint density at radius 3 is 2.82 bits per heavy atom. The minimum atomic E-state index is -0.314. The van der Waals surface area contributed by atoms with E-state index in [-0.39, 0.29) is 11.8 Å². The summed E-state index contributed by atoms with van der Waals surface area (Å²) in [5, 5.41) is 2.75. The van der Waals surface area contributed by atoms with Gasteiger partial charge in [0.15, 0.2) is 0 Å². The standard InChI is InChI=1S/C11H14BrN3O2/c12-10-8(4-3-7-14-10)11(17)15-6-2-1-5-9(13)16/h3-4,7H,1-2,5-6H2,(H2,13,16)(H,15,17). The summed E-state index contributed by atoms with van der Waals surface area (Å²) in [6, 6.07) is 3.39. The highest BCUT2D eigenvalue weighted by Crippen LogP contribution is 2.11. The lowest BCUT2D eigenvalue weighted by Crippen LogP contribution is -2.25. The Bertz CT molecular complexity index is 409. The van der Waals surface area contributed by atoms with Crippen LogP contribution in [0.15, 0.2) is 22.9 Å². The number of unbranched alkanes of at least 4 members (excludes halogenated alkanes) is 1. The first-order chi connectivity index (χ1) is 8.11. The number of nitrogens with two attached hydrogens (primary N) is 1. The zero-order valence-electron chi connectivity index (χ0n) is 9.28. The van der Waals surface area contributed by atoms with Crippen LogP contribution in [-0.4, -0.2) is 23.3 Å². The molecule has 0 aliphatic heterocycles. The van der Waals surface area contributed by atoms with Crippen LogP contribution in [0.3, 0.4) is 0 Å². The molecule has 1 heterocycles. The van der Waals surface area contributed by atoms with Gasteiger partial charge in [0.1, 0.15) is 4.60 Å². The number of hydrogen-bond donors (Lipinski definition) is 2. The summed E-state index contributed by atoms with van der Waals surface area (Å²) in [4.78, 5) is 26.1. The highest BCUT2D eigenvalue weighted by molar-refractivity contribution is 9.10. The summed E-state index contributed by atoms with van der Waals surface area (Å²) in [7, 11) is 0. The molecule has 0 aliphatic rings. The third-order valence-electron chi connectivity index (χ3n) is 2.14. The van der Waals surface area contributed by atoms with Crippen LogP contribution in [0.5, 0.6) is 0 Å². The number of rotatable bonds is 6. The van der Waals surface area contributed by atoms with Crippen LogP contribution in [0.4, 0.5) is 0 Å². The summed E-state index contributed by atoms with van der Waals surface area (Å²) in [6.45, 7) is 0.521. The monoisotopic (exact) mass is 299 g/mol. The maximum Gasteiger partial charge on any atom is 0.254 e. The SMILES string of the molecule is NC(=O)CCCCNC(=O)c1cccnc1Br. The van der Waals surface area contributed by atoms with E-state index in [0.717, 1.165) is 6.42 Å². The fourth-order valence-corrected chi connectivity index (χ4v) is 1.71. The lowest BCUT2D eigenvalue weighted by molar-refractivity contribution is -0.118. The van der Waals surface area contributed by atoms with E-state index in [4.69, 9.17) is 5.73 Å². The third kappa shape index (κ3) is 4.95. The molecule has 0 spiro atoms. The molecular formula is C11H14BrN3O2. The first-order valence-electron chi connectivity index (χ1n) is 5.28. The highest BCUT2D eigenvalue weighted by Gasteiger charge is 2.08. The Morgan fingerprint density at radius 1 is 1.41 bits per heavy atom. The number of nitrogens with zero attached hydrogens (tertiary/aromatic N) is 1. The number of pyridine rings is 1. The minimum Gasteiger partial charge on any atom is -0.370 e. The second kappa shape index (κ2) is 7.01. The first kappa shape index (κ1) is 13.6. The molecule has 0 saturated carbocycles. The van der Waals surface area contributed by atoms with Gasteiger partial charge in [-0.05, 0) is 40.9 Å². The number of carbonyl (C=O) groups is 2. The summed E-state index contributed by atoms with van der Waals surface area (Å²) in [6.07, 6.45) is 3.37. The number of carbonyl (C=O) groups excluding carboxylic acids is 2. The Kier molecular flexibility index (Phi) is 5.62. The zero-order valence-corrected chi connectivity index (χ0v) is 10.9. The van der Waals surface area contributed by atoms with Gasteiger partial charge in [0.05, 0.1) is 5.56 Å². The van der Waals surface area contributed by atoms with Crippen LogP contribution in [-0.2, 0) is 4.79 Å². The quantitative estimate of drug-likeness (QED) is 0.612. The van der Waals surface area contributed by atoms with Crippen molar-refractivity contribution in [2.75, 3.05) is 6.54 Å². The average Bonchev–Trinajstić information content (AvgIpc) is 2.28. The fraction of sp³-hybridized carbons (Fsp3) is 0.364. The lowest BCUT2D eigenvalue weighted by atomic mass is 10.2. The van der Waals surface area contributed by atoms with Crippen molar-refractivity contribution in [1.82, 2.24) is 10.3 Å². The van der Waals surface area contributed by atoms with E-state index >= 15 is 0 Å². The van der Waals surface area contributed by atoms with Crippen molar-refractivity contribution in [2.24, 2.45) is 5.73 Å². The van der Waals surface area contributed by atoms with Gasteiger partial charge in [-0.3, -0.25) is 9.59 Å². The van der Waals surface area contributed by atoms with Crippen LogP contribution in [0, 0.1) is 0 Å². The Balaban J connectivity index is 2.31. The molecule has 0 atom stereocenters. The van der Waals surface area contributed by atoms with Gasteiger partial charge in [0.2, 0.25) is 5.91 Å². The molecule has 0 unspecified atom stereocenters. The van der Waals surface area contributed by atoms with Crippen molar-refractivity contribution < 1.29 is 9.59 Å². The predicted molar refractivity (Wildman–Crippen MR) is 67.3 cm³/mol. The molecule has 0 saturated heterocycles. The van der Waals surface area contributed by atoms with Gasteiger partial charge in [-0.2, -0.15) is 0 Å². The van der Waals surface area contributed by atoms with E-state index in [2.05, 4.69) is 26.2 Å². The summed E-state index contributed by atoms with van der Waals surface area (Å²) >= 11 is 3.21. The average molecular weight is 300 g/mol. The molecule has 0 fully saturated rings. The molecule has 1 aromatic rings. The van der Waals surface area contributed by atoms with Crippen LogP contribution < -0.4 is 11.1 Å². The van der Waals surface area contributed by atoms with Crippen LogP contribution in [0.1, 0.15) is 29.6 Å². The van der Waals surface area contributed by atoms with Gasteiger partial charge in [0.25, 0.3) is 5.91 Å². The summed E-state index contributed by atoms with van der Waals surface area (Å²) < 4.78 is 0.523. The topological polar surface area (TPSA) is 85.1 Å². The second-order valence-electron chi connectivity index (χ2n) is 3.52. The van der Waals surface area contributed by atoms with Crippen molar-refractivity contribution in [3.63, 3.8) is 0 Å². The van der Waals surface area contributed by atoms with E-state index in [9.17, 15) is 9.59 Å². The van der Waals surface area contributed by atoms with Crippen LogP contribution >= 0.6 is 15.9 Å². The number of amides is 2. The van der Waals surface area contributed by atoms with Gasteiger partial charge < -0.3 is 11.1 Å². The van der Waals surface area contributed by atoms with Crippen molar-refractivity contribution in [3.05, 3.63) is 28.5 Å². The molecule has 2 amide bonds. The Morgan fingerprint density at radius 2 is 2.18 bits per heavy atom. The van der Waals surface area contributed by atoms with Crippen molar-refractivity contribution in [3.8, 4) is 0 Å². The molecule has 3 N–H and O–H groups in total. The largest absolute Gasteiger partial charge is 0.370 e. The Labute approximate surface area is 108 Å². The summed E-state index contributed by atoms with van der Waals surface area (Å²) in [5.41, 5.74) is 5.51. The van der Waals surface area contributed by atoms with Crippen molar-refractivity contribution >= 4 is 27.7 Å². The third-order valence-corrected chi connectivity index (χ3v) is 2.77. The lowest BCUT2D eigenvalue weighted by Gasteiger charge is -2.05. The molecule has 0 aliphatic carbocycles. The number of halogens is 1. The second-order valence-corrected chi connectivity index (χ2v) is 4.27. The molecule has 92 valence electrons. The van der Waals surface area contributed by atoms with Gasteiger partial charge in [0, 0.05) is 19.2 Å². The molecule has 0 radical (unpaired) electrons. The van der Waals surface area contributed by atoms with Gasteiger partial charge in [-0.25, -0.2) is 4.98 Å². The molecule has 5 nitrogen and oxygen atoms in total.